The van der Waals surface area contributed by atoms with Crippen LogP contribution in [0.1, 0.15) is 6.92 Å². The van der Waals surface area contributed by atoms with Crippen molar-refractivity contribution in [1.82, 2.24) is 19.7 Å². The molecule has 6 nitrogen and oxygen atoms in total. The van der Waals surface area contributed by atoms with E-state index in [0.717, 1.165) is 10.9 Å². The molecule has 0 spiro atoms. The molecule has 0 aliphatic heterocycles. The van der Waals surface area contributed by atoms with Crippen molar-refractivity contribution in [3.63, 3.8) is 0 Å². The van der Waals surface area contributed by atoms with Gasteiger partial charge in [-0.05, 0) is 55.0 Å². The summed E-state index contributed by atoms with van der Waals surface area (Å²) in [6.45, 7) is 2.36. The van der Waals surface area contributed by atoms with Gasteiger partial charge in [0.25, 0.3) is 5.56 Å². The fraction of sp³-hybridized carbons (Fsp3) is 0.0833. The van der Waals surface area contributed by atoms with E-state index in [4.69, 9.17) is 16.3 Å². The molecule has 0 fully saturated rings. The molecule has 3 heterocycles. The summed E-state index contributed by atoms with van der Waals surface area (Å²) in [7, 11) is 0. The monoisotopic (exact) mass is 428 g/mol. The first kappa shape index (κ1) is 19.2. The van der Waals surface area contributed by atoms with Gasteiger partial charge in [-0.15, -0.1) is 0 Å². The standard InChI is InChI=1S/C24H17ClN4O2/c1-2-31-21-12-11-20-23(27-21)22(15-5-7-17(25)8-6-15)24(30)29(28-20)18-9-10-19-16(14-18)4-3-13-26-19/h3-14H,2H2,1H3. The number of hydrogen-bond acceptors (Lipinski definition) is 5. The zero-order valence-electron chi connectivity index (χ0n) is 16.6. The average molecular weight is 429 g/mol. The van der Waals surface area contributed by atoms with Crippen LogP contribution >= 0.6 is 11.6 Å². The highest BCUT2D eigenvalue weighted by atomic mass is 35.5. The highest BCUT2D eigenvalue weighted by Gasteiger charge is 2.17. The molecule has 0 saturated carbocycles. The Kier molecular flexibility index (Phi) is 4.84. The smallest absolute Gasteiger partial charge is 0.281 e. The van der Waals surface area contributed by atoms with Crippen LogP contribution in [-0.2, 0) is 0 Å². The van der Waals surface area contributed by atoms with E-state index in [1.54, 1.807) is 24.4 Å². The lowest BCUT2D eigenvalue weighted by molar-refractivity contribution is 0.328. The van der Waals surface area contributed by atoms with Crippen LogP contribution in [-0.4, -0.2) is 26.4 Å². The van der Waals surface area contributed by atoms with Gasteiger partial charge in [-0.1, -0.05) is 29.8 Å². The number of benzene rings is 2. The first-order valence-electron chi connectivity index (χ1n) is 9.82. The molecule has 31 heavy (non-hydrogen) atoms. The first-order chi connectivity index (χ1) is 15.1. The van der Waals surface area contributed by atoms with E-state index in [1.165, 1.54) is 4.68 Å². The molecule has 0 aliphatic rings. The van der Waals surface area contributed by atoms with E-state index in [9.17, 15) is 4.79 Å². The minimum Gasteiger partial charge on any atom is -0.478 e. The van der Waals surface area contributed by atoms with Crippen molar-refractivity contribution < 1.29 is 4.74 Å². The van der Waals surface area contributed by atoms with E-state index in [1.807, 2.05) is 55.5 Å². The highest BCUT2D eigenvalue weighted by molar-refractivity contribution is 6.30. The van der Waals surface area contributed by atoms with Crippen LogP contribution < -0.4 is 10.3 Å². The maximum absolute atomic E-state index is 13.6. The van der Waals surface area contributed by atoms with Crippen molar-refractivity contribution in [3.05, 3.63) is 88.3 Å². The molecule has 3 aromatic heterocycles. The summed E-state index contributed by atoms with van der Waals surface area (Å²) in [4.78, 5) is 22.6. The Bertz CT molecular complexity index is 1480. The fourth-order valence-electron chi connectivity index (χ4n) is 3.53. The predicted octanol–water partition coefficient (Wildman–Crippen LogP) is 5.05. The van der Waals surface area contributed by atoms with Gasteiger partial charge in [0.1, 0.15) is 11.0 Å². The third-order valence-corrected chi connectivity index (χ3v) is 5.21. The fourth-order valence-corrected chi connectivity index (χ4v) is 3.66. The molecule has 7 heteroatoms. The van der Waals surface area contributed by atoms with Crippen LogP contribution in [0.25, 0.3) is 38.8 Å². The molecule has 5 aromatic rings. The van der Waals surface area contributed by atoms with Crippen molar-refractivity contribution >= 4 is 33.5 Å². The third-order valence-electron chi connectivity index (χ3n) is 4.96. The van der Waals surface area contributed by atoms with Gasteiger partial charge in [0.15, 0.2) is 0 Å². The third kappa shape index (κ3) is 3.51. The van der Waals surface area contributed by atoms with Gasteiger partial charge in [-0.3, -0.25) is 9.78 Å². The Labute approximate surface area is 182 Å². The van der Waals surface area contributed by atoms with Gasteiger partial charge in [-0.2, -0.15) is 9.78 Å². The molecule has 0 atom stereocenters. The molecule has 0 bridgehead atoms. The lowest BCUT2D eigenvalue weighted by Gasteiger charge is -2.12. The summed E-state index contributed by atoms with van der Waals surface area (Å²) in [6, 6.07) is 20.1. The molecule has 0 unspecified atom stereocenters. The highest BCUT2D eigenvalue weighted by Crippen LogP contribution is 2.27. The van der Waals surface area contributed by atoms with Crippen molar-refractivity contribution in [2.75, 3.05) is 6.61 Å². The van der Waals surface area contributed by atoms with Gasteiger partial charge >= 0.3 is 0 Å². The molecule has 0 saturated heterocycles. The Morgan fingerprint density at radius 3 is 2.61 bits per heavy atom. The van der Waals surface area contributed by atoms with E-state index in [0.29, 0.717) is 45.4 Å². The summed E-state index contributed by atoms with van der Waals surface area (Å²) < 4.78 is 6.95. The predicted molar refractivity (Wildman–Crippen MR) is 122 cm³/mol. The van der Waals surface area contributed by atoms with E-state index >= 15 is 0 Å². The largest absolute Gasteiger partial charge is 0.478 e. The molecule has 2 aromatic carbocycles. The molecule has 0 radical (unpaired) electrons. The maximum Gasteiger partial charge on any atom is 0.281 e. The number of ether oxygens (including phenoxy) is 1. The van der Waals surface area contributed by atoms with Crippen LogP contribution in [0.5, 0.6) is 5.88 Å². The van der Waals surface area contributed by atoms with Crippen molar-refractivity contribution in [1.29, 1.82) is 0 Å². The Hall–Kier alpha value is -3.77. The Morgan fingerprint density at radius 1 is 1.00 bits per heavy atom. The van der Waals surface area contributed by atoms with Gasteiger partial charge in [-0.25, -0.2) is 4.98 Å². The maximum atomic E-state index is 13.6. The number of aromatic nitrogens is 4. The van der Waals surface area contributed by atoms with Crippen LogP contribution in [0, 0.1) is 0 Å². The van der Waals surface area contributed by atoms with Gasteiger partial charge < -0.3 is 4.74 Å². The molecule has 0 aliphatic carbocycles. The lowest BCUT2D eigenvalue weighted by Crippen LogP contribution is -2.23. The number of pyridine rings is 2. The average Bonchev–Trinajstić information content (AvgIpc) is 2.79. The van der Waals surface area contributed by atoms with Crippen LogP contribution in [0.4, 0.5) is 0 Å². The van der Waals surface area contributed by atoms with E-state index < -0.39 is 0 Å². The quantitative estimate of drug-likeness (QED) is 0.400. The molecule has 5 rings (SSSR count). The van der Waals surface area contributed by atoms with Gasteiger partial charge in [0, 0.05) is 22.7 Å². The normalized spacial score (nSPS) is 11.2. The second-order valence-electron chi connectivity index (χ2n) is 6.93. The van der Waals surface area contributed by atoms with Crippen molar-refractivity contribution in [2.45, 2.75) is 6.92 Å². The Balaban J connectivity index is 1.81. The zero-order valence-corrected chi connectivity index (χ0v) is 17.4. The van der Waals surface area contributed by atoms with E-state index in [-0.39, 0.29) is 5.56 Å². The number of fused-ring (bicyclic) bond motifs is 2. The number of nitrogens with zero attached hydrogens (tertiary/aromatic N) is 4. The first-order valence-corrected chi connectivity index (χ1v) is 10.2. The van der Waals surface area contributed by atoms with Crippen molar-refractivity contribution in [2.24, 2.45) is 0 Å². The number of rotatable bonds is 4. The van der Waals surface area contributed by atoms with Crippen molar-refractivity contribution in [3.8, 4) is 22.7 Å². The SMILES string of the molecule is CCOc1ccc2nn(-c3ccc4ncccc4c3)c(=O)c(-c3ccc(Cl)cc3)c2n1. The van der Waals surface area contributed by atoms with Crippen LogP contribution in [0.3, 0.4) is 0 Å². The van der Waals surface area contributed by atoms with Gasteiger partial charge in [0.05, 0.1) is 23.4 Å². The second-order valence-corrected chi connectivity index (χ2v) is 7.37. The van der Waals surface area contributed by atoms with Gasteiger partial charge in [0.2, 0.25) is 5.88 Å². The molecule has 0 N–H and O–H groups in total. The lowest BCUT2D eigenvalue weighted by atomic mass is 10.1. The second kappa shape index (κ2) is 7.81. The van der Waals surface area contributed by atoms with Crippen LogP contribution in [0.15, 0.2) is 77.7 Å². The minimum atomic E-state index is -0.279. The van der Waals surface area contributed by atoms with Crippen LogP contribution in [0.2, 0.25) is 5.02 Å². The Morgan fingerprint density at radius 2 is 1.81 bits per heavy atom. The number of hydrogen-bond donors (Lipinski definition) is 0. The molecule has 152 valence electrons. The van der Waals surface area contributed by atoms with E-state index in [2.05, 4.69) is 15.1 Å². The molecular formula is C24H17ClN4O2. The molecular weight excluding hydrogens is 412 g/mol. The summed E-state index contributed by atoms with van der Waals surface area (Å²) in [5.41, 5.74) is 3.43. The summed E-state index contributed by atoms with van der Waals surface area (Å²) in [5, 5.41) is 6.11. The molecule has 0 amide bonds. The zero-order chi connectivity index (χ0) is 21.4. The summed E-state index contributed by atoms with van der Waals surface area (Å²) >= 11 is 6.07. The summed E-state index contributed by atoms with van der Waals surface area (Å²) in [6.07, 6.45) is 1.74. The summed E-state index contributed by atoms with van der Waals surface area (Å²) in [5.74, 6) is 0.445. The number of halogens is 1. The topological polar surface area (TPSA) is 69.9 Å². The minimum absolute atomic E-state index is 0.279.